The zero-order chi connectivity index (χ0) is 17.2. The molecule has 2 aromatic carbocycles. The maximum atomic E-state index is 11.4. The number of carboxylic acid groups (broad SMARTS) is 1. The molecule has 126 valence electrons. The van der Waals surface area contributed by atoms with E-state index in [0.717, 1.165) is 11.1 Å². The average molecular weight is 321 g/mol. The highest BCUT2D eigenvalue weighted by molar-refractivity contribution is 5.88. The number of hydrogen-bond acceptors (Lipinski definition) is 2. The number of rotatable bonds is 4. The lowest BCUT2D eigenvalue weighted by atomic mass is 9.75. The van der Waals surface area contributed by atoms with Gasteiger partial charge in [0.25, 0.3) is 0 Å². The highest BCUT2D eigenvalue weighted by atomic mass is 16.4. The van der Waals surface area contributed by atoms with Crippen molar-refractivity contribution in [1.82, 2.24) is 0 Å². The monoisotopic (exact) mass is 321 g/mol. The van der Waals surface area contributed by atoms with Crippen LogP contribution in [-0.4, -0.2) is 5.97 Å². The Labute approximate surface area is 144 Å². The SMILES string of the molecule is CC(C)(c1ccc(C2CCCCC2)cc1)c1ccccc1C(=O)[O-]. The first-order valence-corrected chi connectivity index (χ1v) is 8.91. The minimum absolute atomic E-state index is 0.277. The summed E-state index contributed by atoms with van der Waals surface area (Å²) in [7, 11) is 0. The molecule has 2 nitrogen and oxygen atoms in total. The summed E-state index contributed by atoms with van der Waals surface area (Å²) >= 11 is 0. The molecule has 2 heteroatoms. The van der Waals surface area contributed by atoms with Crippen LogP contribution >= 0.6 is 0 Å². The van der Waals surface area contributed by atoms with Crippen LogP contribution in [0.1, 0.15) is 78.9 Å². The van der Waals surface area contributed by atoms with Crippen LogP contribution in [0.2, 0.25) is 0 Å². The highest BCUT2D eigenvalue weighted by Crippen LogP contribution is 2.36. The Hall–Kier alpha value is -2.09. The van der Waals surface area contributed by atoms with Gasteiger partial charge in [0, 0.05) is 11.0 Å². The van der Waals surface area contributed by atoms with Crippen molar-refractivity contribution in [3.05, 3.63) is 70.8 Å². The first-order valence-electron chi connectivity index (χ1n) is 8.91. The van der Waals surface area contributed by atoms with Crippen molar-refractivity contribution in [2.45, 2.75) is 57.3 Å². The molecule has 1 saturated carbocycles. The summed E-state index contributed by atoms with van der Waals surface area (Å²) in [5.74, 6) is -0.427. The summed E-state index contributed by atoms with van der Waals surface area (Å²) in [5, 5.41) is 11.4. The van der Waals surface area contributed by atoms with Crippen molar-refractivity contribution in [2.75, 3.05) is 0 Å². The molecular formula is C22H25O2-. The van der Waals surface area contributed by atoms with E-state index in [4.69, 9.17) is 0 Å². The topological polar surface area (TPSA) is 40.1 Å². The van der Waals surface area contributed by atoms with Crippen LogP contribution in [0.3, 0.4) is 0 Å². The zero-order valence-corrected chi connectivity index (χ0v) is 14.5. The zero-order valence-electron chi connectivity index (χ0n) is 14.5. The van der Waals surface area contributed by atoms with Crippen LogP contribution in [0.5, 0.6) is 0 Å². The Bertz CT molecular complexity index is 707. The molecule has 0 N–H and O–H groups in total. The van der Waals surface area contributed by atoms with Gasteiger partial charge in [-0.15, -0.1) is 0 Å². The Morgan fingerprint density at radius 1 is 0.958 bits per heavy atom. The van der Waals surface area contributed by atoms with E-state index >= 15 is 0 Å². The van der Waals surface area contributed by atoms with Gasteiger partial charge < -0.3 is 9.90 Å². The molecule has 2 aromatic rings. The third-order valence-electron chi connectivity index (χ3n) is 5.53. The summed E-state index contributed by atoms with van der Waals surface area (Å²) in [6.07, 6.45) is 6.60. The number of aromatic carboxylic acids is 1. The molecule has 0 radical (unpaired) electrons. The van der Waals surface area contributed by atoms with E-state index in [2.05, 4.69) is 38.1 Å². The van der Waals surface area contributed by atoms with E-state index < -0.39 is 5.97 Å². The molecule has 24 heavy (non-hydrogen) atoms. The van der Waals surface area contributed by atoms with E-state index in [1.54, 1.807) is 12.1 Å². The van der Waals surface area contributed by atoms with Gasteiger partial charge in [0.2, 0.25) is 0 Å². The molecule has 1 aliphatic carbocycles. The predicted molar refractivity (Wildman–Crippen MR) is 95.2 cm³/mol. The van der Waals surface area contributed by atoms with E-state index in [9.17, 15) is 9.90 Å². The van der Waals surface area contributed by atoms with E-state index in [1.807, 2.05) is 12.1 Å². The number of carbonyl (C=O) groups is 1. The van der Waals surface area contributed by atoms with Gasteiger partial charge in [0.15, 0.2) is 0 Å². The molecule has 0 aromatic heterocycles. The van der Waals surface area contributed by atoms with Crippen LogP contribution in [0.25, 0.3) is 0 Å². The molecule has 0 saturated heterocycles. The standard InChI is InChI=1S/C22H26O2/c1-22(2,20-11-7-6-10-19(20)21(23)24)18-14-12-17(13-15-18)16-8-4-3-5-9-16/h6-7,10-16H,3-5,8-9H2,1-2H3,(H,23,24)/p-1. The summed E-state index contributed by atoms with van der Waals surface area (Å²) < 4.78 is 0. The molecule has 1 fully saturated rings. The number of carbonyl (C=O) groups excluding carboxylic acids is 1. The third kappa shape index (κ3) is 3.24. The van der Waals surface area contributed by atoms with Gasteiger partial charge in [-0.25, -0.2) is 0 Å². The molecule has 0 unspecified atom stereocenters. The quantitative estimate of drug-likeness (QED) is 0.836. The minimum Gasteiger partial charge on any atom is -0.545 e. The lowest BCUT2D eigenvalue weighted by Gasteiger charge is -2.30. The maximum Gasteiger partial charge on any atom is 0.0718 e. The summed E-state index contributed by atoms with van der Waals surface area (Å²) in [6.45, 7) is 4.15. The molecule has 0 atom stereocenters. The Morgan fingerprint density at radius 2 is 1.58 bits per heavy atom. The number of carboxylic acids is 1. The lowest BCUT2D eigenvalue weighted by Crippen LogP contribution is -2.29. The van der Waals surface area contributed by atoms with Crippen molar-refractivity contribution in [2.24, 2.45) is 0 Å². The molecule has 1 aliphatic rings. The fourth-order valence-corrected chi connectivity index (χ4v) is 3.97. The number of benzene rings is 2. The van der Waals surface area contributed by atoms with Crippen molar-refractivity contribution >= 4 is 5.97 Å². The molecule has 3 rings (SSSR count). The molecule has 0 heterocycles. The van der Waals surface area contributed by atoms with Crippen molar-refractivity contribution in [3.63, 3.8) is 0 Å². The maximum absolute atomic E-state index is 11.4. The van der Waals surface area contributed by atoms with Gasteiger partial charge in [0.05, 0.1) is 5.97 Å². The largest absolute Gasteiger partial charge is 0.545 e. The minimum atomic E-state index is -1.11. The fraction of sp³-hybridized carbons (Fsp3) is 0.409. The first-order chi connectivity index (χ1) is 11.5. The second-order valence-electron chi connectivity index (χ2n) is 7.41. The molecule has 0 amide bonds. The Kier molecular flexibility index (Phi) is 4.75. The second-order valence-corrected chi connectivity index (χ2v) is 7.41. The molecule has 0 bridgehead atoms. The Morgan fingerprint density at radius 3 is 2.21 bits per heavy atom. The van der Waals surface area contributed by atoms with Crippen LogP contribution in [0.15, 0.2) is 48.5 Å². The first kappa shape index (κ1) is 16.8. The van der Waals surface area contributed by atoms with Gasteiger partial charge in [-0.1, -0.05) is 81.6 Å². The predicted octanol–water partition coefficient (Wildman–Crippen LogP) is 4.42. The molecule has 0 aliphatic heterocycles. The smallest absolute Gasteiger partial charge is 0.0718 e. The average Bonchev–Trinajstić information content (AvgIpc) is 2.62. The van der Waals surface area contributed by atoms with Crippen molar-refractivity contribution in [3.8, 4) is 0 Å². The number of hydrogen-bond donors (Lipinski definition) is 0. The van der Waals surface area contributed by atoms with Crippen molar-refractivity contribution in [1.29, 1.82) is 0 Å². The molecule has 0 spiro atoms. The van der Waals surface area contributed by atoms with E-state index in [0.29, 0.717) is 5.92 Å². The van der Waals surface area contributed by atoms with Crippen LogP contribution in [-0.2, 0) is 5.41 Å². The van der Waals surface area contributed by atoms with E-state index in [-0.39, 0.29) is 11.0 Å². The van der Waals surface area contributed by atoms with Crippen LogP contribution < -0.4 is 5.11 Å². The van der Waals surface area contributed by atoms with Gasteiger partial charge in [-0.3, -0.25) is 0 Å². The van der Waals surface area contributed by atoms with Crippen molar-refractivity contribution < 1.29 is 9.90 Å². The Balaban J connectivity index is 1.91. The van der Waals surface area contributed by atoms with Gasteiger partial charge >= 0.3 is 0 Å². The summed E-state index contributed by atoms with van der Waals surface area (Å²) in [4.78, 5) is 11.4. The van der Waals surface area contributed by atoms with Gasteiger partial charge in [-0.05, 0) is 35.4 Å². The van der Waals surface area contributed by atoms with Crippen LogP contribution in [0, 0.1) is 0 Å². The highest BCUT2D eigenvalue weighted by Gasteiger charge is 2.26. The fourth-order valence-electron chi connectivity index (χ4n) is 3.97. The molecular weight excluding hydrogens is 296 g/mol. The second kappa shape index (κ2) is 6.80. The van der Waals surface area contributed by atoms with Gasteiger partial charge in [0.1, 0.15) is 0 Å². The van der Waals surface area contributed by atoms with Crippen LogP contribution in [0.4, 0.5) is 0 Å². The van der Waals surface area contributed by atoms with Gasteiger partial charge in [-0.2, -0.15) is 0 Å². The normalized spacial score (nSPS) is 16.1. The third-order valence-corrected chi connectivity index (χ3v) is 5.53. The summed E-state index contributed by atoms with van der Waals surface area (Å²) in [6, 6.07) is 15.9. The van der Waals surface area contributed by atoms with E-state index in [1.165, 1.54) is 37.7 Å². The lowest BCUT2D eigenvalue weighted by molar-refractivity contribution is -0.255. The summed E-state index contributed by atoms with van der Waals surface area (Å²) in [5.41, 5.74) is 3.26.